The standard InChI is InChI=1S/C72H126O6/c1-4-7-10-13-16-19-22-25-27-29-31-33-35-36-38-39-41-43-45-47-50-53-56-59-62-65-71(74)77-68-69(67-76-70(73)64-61-58-55-52-49-24-21-18-15-12-9-6-3)78-72(75)66-63-60-57-54-51-48-46-44-42-40-37-34-32-30-28-26-23-20-17-14-11-8-5-2/h7,10,16,19,23,25-27,30-33,37,40,69H,4-6,8-9,11-15,17-18,20-22,24,28-29,34-36,38-39,41-68H2,1-3H3/b10-7-,19-16-,26-23-,27-25-,32-30-,33-31-,40-37-. The fraction of sp³-hybridized carbons (Fsp3) is 0.764. The summed E-state index contributed by atoms with van der Waals surface area (Å²) in [6, 6.07) is 0. The molecule has 0 aliphatic rings. The van der Waals surface area contributed by atoms with Crippen molar-refractivity contribution in [2.45, 2.75) is 341 Å². The summed E-state index contributed by atoms with van der Waals surface area (Å²) in [7, 11) is 0. The van der Waals surface area contributed by atoms with Gasteiger partial charge in [0.15, 0.2) is 6.10 Å². The molecule has 0 radical (unpaired) electrons. The van der Waals surface area contributed by atoms with Gasteiger partial charge in [0.25, 0.3) is 0 Å². The van der Waals surface area contributed by atoms with Crippen LogP contribution >= 0.6 is 0 Å². The van der Waals surface area contributed by atoms with Gasteiger partial charge in [-0.05, 0) is 96.3 Å². The Hall–Kier alpha value is -3.41. The van der Waals surface area contributed by atoms with Gasteiger partial charge >= 0.3 is 17.9 Å². The van der Waals surface area contributed by atoms with E-state index in [0.717, 1.165) is 103 Å². The smallest absolute Gasteiger partial charge is 0.306 e. The van der Waals surface area contributed by atoms with Crippen LogP contribution in [0.1, 0.15) is 335 Å². The first-order chi connectivity index (χ1) is 38.5. The van der Waals surface area contributed by atoms with E-state index in [-0.39, 0.29) is 31.1 Å². The lowest BCUT2D eigenvalue weighted by molar-refractivity contribution is -0.167. The number of unbranched alkanes of at least 4 members (excludes halogenated alkanes) is 36. The lowest BCUT2D eigenvalue weighted by Gasteiger charge is -2.18. The molecule has 0 spiro atoms. The third-order valence-corrected chi connectivity index (χ3v) is 14.6. The molecule has 78 heavy (non-hydrogen) atoms. The Bertz CT molecular complexity index is 1480. The topological polar surface area (TPSA) is 78.9 Å². The third-order valence-electron chi connectivity index (χ3n) is 14.6. The van der Waals surface area contributed by atoms with Gasteiger partial charge in [0.1, 0.15) is 13.2 Å². The lowest BCUT2D eigenvalue weighted by Crippen LogP contribution is -2.30. The largest absolute Gasteiger partial charge is 0.462 e. The van der Waals surface area contributed by atoms with Crippen LogP contribution in [0, 0.1) is 0 Å². The number of hydrogen-bond donors (Lipinski definition) is 0. The van der Waals surface area contributed by atoms with E-state index >= 15 is 0 Å². The normalized spacial score (nSPS) is 12.6. The van der Waals surface area contributed by atoms with Crippen molar-refractivity contribution in [3.8, 4) is 0 Å². The molecule has 0 aromatic carbocycles. The Balaban J connectivity index is 4.29. The zero-order valence-corrected chi connectivity index (χ0v) is 51.7. The maximum atomic E-state index is 12.9. The first-order valence-electron chi connectivity index (χ1n) is 33.6. The van der Waals surface area contributed by atoms with E-state index < -0.39 is 6.10 Å². The third kappa shape index (κ3) is 63.4. The van der Waals surface area contributed by atoms with Gasteiger partial charge in [0.2, 0.25) is 0 Å². The Morgan fingerprint density at radius 2 is 0.500 bits per heavy atom. The van der Waals surface area contributed by atoms with Crippen LogP contribution in [0.25, 0.3) is 0 Å². The molecule has 450 valence electrons. The van der Waals surface area contributed by atoms with Crippen molar-refractivity contribution in [3.63, 3.8) is 0 Å². The molecular formula is C72H126O6. The van der Waals surface area contributed by atoms with Gasteiger partial charge in [-0.1, -0.05) is 305 Å². The van der Waals surface area contributed by atoms with Crippen molar-refractivity contribution in [2.24, 2.45) is 0 Å². The molecular weight excluding hydrogens is 961 g/mol. The number of hydrogen-bond acceptors (Lipinski definition) is 6. The van der Waals surface area contributed by atoms with Crippen molar-refractivity contribution in [2.75, 3.05) is 13.2 Å². The highest BCUT2D eigenvalue weighted by Gasteiger charge is 2.19. The van der Waals surface area contributed by atoms with Gasteiger partial charge in [0.05, 0.1) is 0 Å². The van der Waals surface area contributed by atoms with E-state index in [9.17, 15) is 14.4 Å². The quantitative estimate of drug-likeness (QED) is 0.0261. The monoisotopic (exact) mass is 1090 g/mol. The second-order valence-electron chi connectivity index (χ2n) is 22.4. The summed E-state index contributed by atoms with van der Waals surface area (Å²) in [5.74, 6) is -0.870. The lowest BCUT2D eigenvalue weighted by atomic mass is 10.0. The molecule has 0 heterocycles. The van der Waals surface area contributed by atoms with Crippen molar-refractivity contribution < 1.29 is 28.6 Å². The van der Waals surface area contributed by atoms with Crippen LogP contribution in [0.15, 0.2) is 85.1 Å². The predicted octanol–water partition coefficient (Wildman–Crippen LogP) is 23.1. The number of allylic oxidation sites excluding steroid dienone is 14. The minimum absolute atomic E-state index is 0.0765. The summed E-state index contributed by atoms with van der Waals surface area (Å²) in [6.07, 6.45) is 87.4. The number of carbonyl (C=O) groups is 3. The molecule has 0 saturated heterocycles. The zero-order valence-electron chi connectivity index (χ0n) is 51.7. The highest BCUT2D eigenvalue weighted by Crippen LogP contribution is 2.17. The molecule has 1 unspecified atom stereocenters. The maximum absolute atomic E-state index is 12.9. The van der Waals surface area contributed by atoms with E-state index in [0.29, 0.717) is 19.3 Å². The van der Waals surface area contributed by atoms with Gasteiger partial charge in [-0.2, -0.15) is 0 Å². The van der Waals surface area contributed by atoms with E-state index in [1.54, 1.807) is 0 Å². The van der Waals surface area contributed by atoms with Crippen LogP contribution < -0.4 is 0 Å². The van der Waals surface area contributed by atoms with Gasteiger partial charge in [-0.25, -0.2) is 0 Å². The molecule has 0 bridgehead atoms. The minimum atomic E-state index is -0.781. The van der Waals surface area contributed by atoms with Crippen LogP contribution in [0.3, 0.4) is 0 Å². The van der Waals surface area contributed by atoms with E-state index in [1.165, 1.54) is 193 Å². The number of ether oxygens (including phenoxy) is 3. The summed E-state index contributed by atoms with van der Waals surface area (Å²) in [5, 5.41) is 0. The molecule has 0 aromatic rings. The molecule has 0 aromatic heterocycles. The van der Waals surface area contributed by atoms with Gasteiger partial charge in [0, 0.05) is 19.3 Å². The van der Waals surface area contributed by atoms with Crippen LogP contribution in [-0.2, 0) is 28.6 Å². The van der Waals surface area contributed by atoms with Gasteiger partial charge in [-0.15, -0.1) is 0 Å². The number of rotatable bonds is 61. The van der Waals surface area contributed by atoms with Crippen LogP contribution in [0.4, 0.5) is 0 Å². The Kier molecular flexibility index (Phi) is 63.2. The van der Waals surface area contributed by atoms with Gasteiger partial charge in [-0.3, -0.25) is 14.4 Å². The van der Waals surface area contributed by atoms with Crippen molar-refractivity contribution in [1.29, 1.82) is 0 Å². The van der Waals surface area contributed by atoms with Crippen LogP contribution in [-0.4, -0.2) is 37.2 Å². The Morgan fingerprint density at radius 3 is 0.782 bits per heavy atom. The summed E-state index contributed by atoms with van der Waals surface area (Å²) >= 11 is 0. The molecule has 0 fully saturated rings. The Morgan fingerprint density at radius 1 is 0.269 bits per heavy atom. The average molecular weight is 1090 g/mol. The van der Waals surface area contributed by atoms with Gasteiger partial charge < -0.3 is 14.2 Å². The molecule has 1 atom stereocenters. The van der Waals surface area contributed by atoms with Crippen LogP contribution in [0.5, 0.6) is 0 Å². The fourth-order valence-electron chi connectivity index (χ4n) is 9.62. The molecule has 0 aliphatic heterocycles. The Labute approximate surface area is 484 Å². The van der Waals surface area contributed by atoms with E-state index in [2.05, 4.69) is 106 Å². The summed E-state index contributed by atoms with van der Waals surface area (Å²) < 4.78 is 17.0. The number of carbonyl (C=O) groups excluding carboxylic acids is 3. The summed E-state index contributed by atoms with van der Waals surface area (Å²) in [5.41, 5.74) is 0. The molecule has 0 amide bonds. The van der Waals surface area contributed by atoms with Crippen LogP contribution in [0.2, 0.25) is 0 Å². The maximum Gasteiger partial charge on any atom is 0.306 e. The molecule has 0 saturated carbocycles. The molecule has 0 N–H and O–H groups in total. The number of esters is 3. The molecule has 6 heteroatoms. The second-order valence-corrected chi connectivity index (χ2v) is 22.4. The minimum Gasteiger partial charge on any atom is -0.462 e. The van der Waals surface area contributed by atoms with Crippen molar-refractivity contribution >= 4 is 17.9 Å². The van der Waals surface area contributed by atoms with E-state index in [1.807, 2.05) is 0 Å². The average Bonchev–Trinajstić information content (AvgIpc) is 3.44. The van der Waals surface area contributed by atoms with E-state index in [4.69, 9.17) is 14.2 Å². The highest BCUT2D eigenvalue weighted by molar-refractivity contribution is 5.71. The SMILES string of the molecule is CC/C=C\C/C=C\C/C=C\C/C=C\CCCCCCCCCCCCCCC(=O)OCC(COC(=O)CCCCCCCCCCCCCC)OC(=O)CCCCCCCCCC/C=C\C/C=C\C/C=C\CCCCCCC. The summed E-state index contributed by atoms with van der Waals surface area (Å²) in [4.78, 5) is 38.4. The fourth-order valence-corrected chi connectivity index (χ4v) is 9.62. The van der Waals surface area contributed by atoms with Crippen molar-refractivity contribution in [3.05, 3.63) is 85.1 Å². The molecule has 0 rings (SSSR count). The second kappa shape index (κ2) is 66.1. The summed E-state index contributed by atoms with van der Waals surface area (Å²) in [6.45, 7) is 6.54. The zero-order chi connectivity index (χ0) is 56.4. The van der Waals surface area contributed by atoms with Crippen molar-refractivity contribution in [1.82, 2.24) is 0 Å². The predicted molar refractivity (Wildman–Crippen MR) is 339 cm³/mol. The molecule has 0 aliphatic carbocycles. The molecule has 6 nitrogen and oxygen atoms in total. The first-order valence-corrected chi connectivity index (χ1v) is 33.6. The highest BCUT2D eigenvalue weighted by atomic mass is 16.6. The first kappa shape index (κ1) is 74.6.